The number of amides is 2. The molecule has 1 saturated heterocycles. The van der Waals surface area contributed by atoms with E-state index in [9.17, 15) is 14.4 Å². The van der Waals surface area contributed by atoms with E-state index >= 15 is 0 Å². The largest absolute Gasteiger partial charge is 0.477 e. The van der Waals surface area contributed by atoms with Crippen LogP contribution in [-0.2, 0) is 4.79 Å². The van der Waals surface area contributed by atoms with E-state index in [0.717, 1.165) is 17.8 Å². The molecule has 6 nitrogen and oxygen atoms in total. The molecule has 3 N–H and O–H groups in total. The SMILES string of the molecule is NC(=O)C1CCCN1C(=O)c1ccc(C(=O)O)s1. The minimum Gasteiger partial charge on any atom is -0.477 e. The lowest BCUT2D eigenvalue weighted by Crippen LogP contribution is -2.43. The zero-order chi connectivity index (χ0) is 13.3. The van der Waals surface area contributed by atoms with Gasteiger partial charge in [-0.25, -0.2) is 4.79 Å². The molecule has 1 aliphatic heterocycles. The van der Waals surface area contributed by atoms with Crippen molar-refractivity contribution in [1.82, 2.24) is 4.90 Å². The highest BCUT2D eigenvalue weighted by Crippen LogP contribution is 2.24. The fraction of sp³-hybridized carbons (Fsp3) is 0.364. The van der Waals surface area contributed by atoms with Gasteiger partial charge in [0.1, 0.15) is 10.9 Å². The number of primary amides is 1. The average Bonchev–Trinajstić information content (AvgIpc) is 2.97. The lowest BCUT2D eigenvalue weighted by molar-refractivity contribution is -0.121. The summed E-state index contributed by atoms with van der Waals surface area (Å²) >= 11 is 0.907. The Hall–Kier alpha value is -1.89. The summed E-state index contributed by atoms with van der Waals surface area (Å²) in [7, 11) is 0. The van der Waals surface area contributed by atoms with Gasteiger partial charge in [-0.15, -0.1) is 11.3 Å². The highest BCUT2D eigenvalue weighted by molar-refractivity contribution is 7.15. The molecule has 1 unspecified atom stereocenters. The van der Waals surface area contributed by atoms with E-state index in [4.69, 9.17) is 10.8 Å². The summed E-state index contributed by atoms with van der Waals surface area (Å²) in [4.78, 5) is 35.9. The van der Waals surface area contributed by atoms with Gasteiger partial charge < -0.3 is 15.7 Å². The summed E-state index contributed by atoms with van der Waals surface area (Å²) < 4.78 is 0. The molecule has 1 aliphatic rings. The van der Waals surface area contributed by atoms with Crippen LogP contribution in [0.2, 0.25) is 0 Å². The van der Waals surface area contributed by atoms with Crippen molar-refractivity contribution in [2.24, 2.45) is 5.73 Å². The molecular formula is C11H12N2O4S. The van der Waals surface area contributed by atoms with E-state index in [0.29, 0.717) is 17.8 Å². The molecule has 96 valence electrons. The van der Waals surface area contributed by atoms with Crippen molar-refractivity contribution in [3.63, 3.8) is 0 Å². The van der Waals surface area contributed by atoms with Crippen molar-refractivity contribution >= 4 is 29.1 Å². The molecule has 1 aromatic rings. The fourth-order valence-electron chi connectivity index (χ4n) is 2.01. The lowest BCUT2D eigenvalue weighted by Gasteiger charge is -2.21. The molecule has 0 radical (unpaired) electrons. The fourth-order valence-corrected chi connectivity index (χ4v) is 2.82. The summed E-state index contributed by atoms with van der Waals surface area (Å²) in [6.45, 7) is 0.479. The van der Waals surface area contributed by atoms with Crippen LogP contribution >= 0.6 is 11.3 Å². The van der Waals surface area contributed by atoms with Crippen LogP contribution in [0, 0.1) is 0 Å². The summed E-state index contributed by atoms with van der Waals surface area (Å²) in [5.41, 5.74) is 5.23. The first kappa shape index (κ1) is 12.6. The Kier molecular flexibility index (Phi) is 3.33. The maximum atomic E-state index is 12.1. The quantitative estimate of drug-likeness (QED) is 0.835. The number of hydrogen-bond acceptors (Lipinski definition) is 4. The highest BCUT2D eigenvalue weighted by Gasteiger charge is 2.33. The number of carboxylic acid groups (broad SMARTS) is 1. The van der Waals surface area contributed by atoms with Crippen LogP contribution in [0.1, 0.15) is 32.2 Å². The van der Waals surface area contributed by atoms with E-state index in [1.54, 1.807) is 0 Å². The van der Waals surface area contributed by atoms with Crippen LogP contribution in [0.4, 0.5) is 0 Å². The van der Waals surface area contributed by atoms with Gasteiger partial charge in [0.15, 0.2) is 0 Å². The van der Waals surface area contributed by atoms with Crippen LogP contribution < -0.4 is 5.73 Å². The van der Waals surface area contributed by atoms with E-state index < -0.39 is 17.9 Å². The maximum Gasteiger partial charge on any atom is 0.345 e. The Labute approximate surface area is 107 Å². The summed E-state index contributed by atoms with van der Waals surface area (Å²) in [5, 5.41) is 8.80. The summed E-state index contributed by atoms with van der Waals surface area (Å²) in [5.74, 6) is -1.91. The molecule has 1 fully saturated rings. The molecule has 18 heavy (non-hydrogen) atoms. The van der Waals surface area contributed by atoms with Gasteiger partial charge >= 0.3 is 5.97 Å². The monoisotopic (exact) mass is 268 g/mol. The summed E-state index contributed by atoms with van der Waals surface area (Å²) in [6.07, 6.45) is 1.30. The molecule has 2 amide bonds. The number of carbonyl (C=O) groups is 3. The Bertz CT molecular complexity index is 511. The normalized spacial score (nSPS) is 18.9. The zero-order valence-electron chi connectivity index (χ0n) is 9.46. The molecule has 0 spiro atoms. The number of rotatable bonds is 3. The number of carbonyl (C=O) groups excluding carboxylic acids is 2. The minimum absolute atomic E-state index is 0.105. The second-order valence-electron chi connectivity index (χ2n) is 4.03. The summed E-state index contributed by atoms with van der Waals surface area (Å²) in [6, 6.07) is 2.27. The van der Waals surface area contributed by atoms with Gasteiger partial charge in [-0.1, -0.05) is 0 Å². The van der Waals surface area contributed by atoms with Gasteiger partial charge in [0.2, 0.25) is 5.91 Å². The van der Waals surface area contributed by atoms with Gasteiger partial charge in [0, 0.05) is 6.54 Å². The molecule has 0 aliphatic carbocycles. The number of carboxylic acids is 1. The standard InChI is InChI=1S/C11H12N2O4S/c12-9(14)6-2-1-5-13(6)10(15)7-3-4-8(18-7)11(16)17/h3-4,6H,1-2,5H2,(H2,12,14)(H,16,17). The predicted octanol–water partition coefficient (Wildman–Crippen LogP) is 0.536. The van der Waals surface area contributed by atoms with Crippen LogP contribution in [0.5, 0.6) is 0 Å². The second kappa shape index (κ2) is 4.77. The minimum atomic E-state index is -1.06. The topological polar surface area (TPSA) is 101 Å². The van der Waals surface area contributed by atoms with Crippen LogP contribution in [-0.4, -0.2) is 40.4 Å². The number of nitrogens with zero attached hydrogens (tertiary/aromatic N) is 1. The van der Waals surface area contributed by atoms with Gasteiger partial charge in [-0.2, -0.15) is 0 Å². The van der Waals surface area contributed by atoms with Gasteiger partial charge in [-0.05, 0) is 25.0 Å². The molecular weight excluding hydrogens is 256 g/mol. The number of thiophene rings is 1. The molecule has 2 rings (SSSR count). The third-order valence-corrected chi connectivity index (χ3v) is 3.93. The van der Waals surface area contributed by atoms with Crippen molar-refractivity contribution in [3.05, 3.63) is 21.9 Å². The smallest absolute Gasteiger partial charge is 0.345 e. The Balaban J connectivity index is 2.20. The van der Waals surface area contributed by atoms with Crippen LogP contribution in [0.3, 0.4) is 0 Å². The number of likely N-dealkylation sites (tertiary alicyclic amines) is 1. The van der Waals surface area contributed by atoms with Crippen LogP contribution in [0.25, 0.3) is 0 Å². The van der Waals surface area contributed by atoms with Gasteiger partial charge in [0.25, 0.3) is 5.91 Å². The van der Waals surface area contributed by atoms with E-state index in [1.807, 2.05) is 0 Å². The van der Waals surface area contributed by atoms with Gasteiger partial charge in [-0.3, -0.25) is 9.59 Å². The highest BCUT2D eigenvalue weighted by atomic mass is 32.1. The van der Waals surface area contributed by atoms with Crippen molar-refractivity contribution in [3.8, 4) is 0 Å². The van der Waals surface area contributed by atoms with Crippen molar-refractivity contribution in [2.45, 2.75) is 18.9 Å². The average molecular weight is 268 g/mol. The van der Waals surface area contributed by atoms with Crippen LogP contribution in [0.15, 0.2) is 12.1 Å². The molecule has 2 heterocycles. The number of nitrogens with two attached hydrogens (primary N) is 1. The van der Waals surface area contributed by atoms with Crippen molar-refractivity contribution in [1.29, 1.82) is 0 Å². The lowest BCUT2D eigenvalue weighted by atomic mass is 10.2. The maximum absolute atomic E-state index is 12.1. The zero-order valence-corrected chi connectivity index (χ0v) is 10.3. The molecule has 0 saturated carbocycles. The van der Waals surface area contributed by atoms with E-state index in [-0.39, 0.29) is 10.8 Å². The van der Waals surface area contributed by atoms with Crippen molar-refractivity contribution in [2.75, 3.05) is 6.54 Å². The third kappa shape index (κ3) is 2.21. The molecule has 0 aromatic carbocycles. The molecule has 1 atom stereocenters. The van der Waals surface area contributed by atoms with E-state index in [1.165, 1.54) is 17.0 Å². The molecule has 7 heteroatoms. The van der Waals surface area contributed by atoms with E-state index in [2.05, 4.69) is 0 Å². The molecule has 1 aromatic heterocycles. The van der Waals surface area contributed by atoms with Gasteiger partial charge in [0.05, 0.1) is 4.88 Å². The Morgan fingerprint density at radius 2 is 2.00 bits per heavy atom. The number of hydrogen-bond donors (Lipinski definition) is 2. The first-order chi connectivity index (χ1) is 8.50. The first-order valence-corrected chi connectivity index (χ1v) is 6.26. The van der Waals surface area contributed by atoms with Crippen molar-refractivity contribution < 1.29 is 19.5 Å². The Morgan fingerprint density at radius 1 is 1.33 bits per heavy atom. The number of aromatic carboxylic acids is 1. The molecule has 0 bridgehead atoms. The Morgan fingerprint density at radius 3 is 2.56 bits per heavy atom. The first-order valence-electron chi connectivity index (χ1n) is 5.44. The second-order valence-corrected chi connectivity index (χ2v) is 5.11. The predicted molar refractivity (Wildman–Crippen MR) is 64.5 cm³/mol. The third-order valence-electron chi connectivity index (χ3n) is 2.87.